The smallest absolute Gasteiger partial charge is 0.317 e. The fraction of sp³-hybridized carbons (Fsp3) is 0.333. The topological polar surface area (TPSA) is 54.5 Å². The van der Waals surface area contributed by atoms with Crippen LogP contribution in [0.5, 0.6) is 5.88 Å². The summed E-state index contributed by atoms with van der Waals surface area (Å²) in [6.07, 6.45) is 3.47. The summed E-state index contributed by atoms with van der Waals surface area (Å²) >= 11 is 6.00. The quantitative estimate of drug-likeness (QED) is 0.818. The van der Waals surface area contributed by atoms with E-state index in [-0.39, 0.29) is 12.1 Å². The number of amides is 2. The minimum atomic E-state index is -0.0486. The number of carbonyl (C=O) groups is 1. The van der Waals surface area contributed by atoms with Gasteiger partial charge in [0.2, 0.25) is 5.88 Å². The van der Waals surface area contributed by atoms with Gasteiger partial charge in [0.25, 0.3) is 0 Å². The van der Waals surface area contributed by atoms with Gasteiger partial charge in [0.1, 0.15) is 11.1 Å². The second-order valence-corrected chi connectivity index (χ2v) is 6.16. The summed E-state index contributed by atoms with van der Waals surface area (Å²) in [6.45, 7) is 1.77. The average molecular weight is 346 g/mol. The molecule has 0 radical (unpaired) electrons. The maximum Gasteiger partial charge on any atom is 0.317 e. The van der Waals surface area contributed by atoms with E-state index in [0.29, 0.717) is 30.5 Å². The molecule has 0 aliphatic carbocycles. The van der Waals surface area contributed by atoms with E-state index in [1.54, 1.807) is 23.2 Å². The second kappa shape index (κ2) is 8.02. The number of benzene rings is 1. The summed E-state index contributed by atoms with van der Waals surface area (Å²) in [4.78, 5) is 17.8. The number of pyridine rings is 1. The first-order chi connectivity index (χ1) is 11.7. The van der Waals surface area contributed by atoms with Crippen molar-refractivity contribution in [2.75, 3.05) is 19.6 Å². The van der Waals surface area contributed by atoms with Crippen LogP contribution in [-0.2, 0) is 6.42 Å². The summed E-state index contributed by atoms with van der Waals surface area (Å²) in [5.41, 5.74) is 1.29. The minimum absolute atomic E-state index is 0.0463. The third-order valence-corrected chi connectivity index (χ3v) is 4.19. The molecule has 2 heterocycles. The van der Waals surface area contributed by atoms with Crippen molar-refractivity contribution in [3.63, 3.8) is 0 Å². The highest BCUT2D eigenvalue weighted by atomic mass is 35.5. The minimum Gasteiger partial charge on any atom is -0.470 e. The van der Waals surface area contributed by atoms with Gasteiger partial charge in [-0.05, 0) is 30.5 Å². The lowest BCUT2D eigenvalue weighted by Crippen LogP contribution is -2.59. The molecule has 1 aromatic carbocycles. The van der Waals surface area contributed by atoms with Gasteiger partial charge in [-0.3, -0.25) is 0 Å². The van der Waals surface area contributed by atoms with Gasteiger partial charge < -0.3 is 15.0 Å². The Morgan fingerprint density at radius 2 is 2.04 bits per heavy atom. The summed E-state index contributed by atoms with van der Waals surface area (Å²) in [6, 6.07) is 13.7. The van der Waals surface area contributed by atoms with Gasteiger partial charge in [0, 0.05) is 12.7 Å². The van der Waals surface area contributed by atoms with Crippen LogP contribution in [-0.4, -0.2) is 41.7 Å². The fourth-order valence-electron chi connectivity index (χ4n) is 2.54. The third-order valence-electron chi connectivity index (χ3n) is 3.90. The number of hydrogen-bond donors (Lipinski definition) is 1. The molecule has 3 rings (SSSR count). The first kappa shape index (κ1) is 16.6. The number of ether oxygens (including phenoxy) is 1. The number of halogens is 1. The van der Waals surface area contributed by atoms with E-state index in [0.717, 1.165) is 12.8 Å². The van der Waals surface area contributed by atoms with E-state index >= 15 is 0 Å². The van der Waals surface area contributed by atoms with E-state index in [1.807, 2.05) is 18.2 Å². The van der Waals surface area contributed by atoms with Crippen molar-refractivity contribution in [1.82, 2.24) is 15.2 Å². The highest BCUT2D eigenvalue weighted by Gasteiger charge is 2.32. The van der Waals surface area contributed by atoms with Crippen LogP contribution in [0, 0.1) is 0 Å². The number of likely N-dealkylation sites (tertiary alicyclic amines) is 1. The molecule has 1 fully saturated rings. The lowest BCUT2D eigenvalue weighted by atomic mass is 10.1. The molecular formula is C18H20ClN3O2. The molecule has 0 saturated carbocycles. The normalized spacial score (nSPS) is 14.1. The molecule has 6 heteroatoms. The molecule has 5 nitrogen and oxygen atoms in total. The molecule has 1 aliphatic heterocycles. The zero-order chi connectivity index (χ0) is 16.8. The van der Waals surface area contributed by atoms with Crippen LogP contribution in [0.25, 0.3) is 0 Å². The molecule has 2 amide bonds. The predicted octanol–water partition coefficient (Wildman–Crippen LogP) is 3.14. The second-order valence-electron chi connectivity index (χ2n) is 5.76. The first-order valence-electron chi connectivity index (χ1n) is 8.06. The lowest BCUT2D eigenvalue weighted by Gasteiger charge is -2.38. The maximum absolute atomic E-state index is 12.0. The van der Waals surface area contributed by atoms with Gasteiger partial charge in [0.05, 0.1) is 13.1 Å². The Kier molecular flexibility index (Phi) is 5.54. The summed E-state index contributed by atoms with van der Waals surface area (Å²) in [5, 5.41) is 3.43. The molecule has 1 saturated heterocycles. The average Bonchev–Trinajstić information content (AvgIpc) is 2.57. The van der Waals surface area contributed by atoms with E-state index in [2.05, 4.69) is 22.4 Å². The van der Waals surface area contributed by atoms with E-state index < -0.39 is 0 Å². The Balaban J connectivity index is 1.32. The van der Waals surface area contributed by atoms with Gasteiger partial charge in [0.15, 0.2) is 0 Å². The van der Waals surface area contributed by atoms with Crippen molar-refractivity contribution in [2.24, 2.45) is 0 Å². The number of rotatable bonds is 6. The maximum atomic E-state index is 12.0. The van der Waals surface area contributed by atoms with Crippen molar-refractivity contribution in [3.05, 3.63) is 59.2 Å². The van der Waals surface area contributed by atoms with E-state index in [9.17, 15) is 4.79 Å². The number of aromatic nitrogens is 1. The van der Waals surface area contributed by atoms with Crippen molar-refractivity contribution < 1.29 is 9.53 Å². The zero-order valence-electron chi connectivity index (χ0n) is 13.3. The number of urea groups is 1. The van der Waals surface area contributed by atoms with Gasteiger partial charge in [-0.2, -0.15) is 0 Å². The number of aryl methyl sites for hydroxylation is 1. The van der Waals surface area contributed by atoms with Gasteiger partial charge in [-0.15, -0.1) is 0 Å². The Hall–Kier alpha value is -2.27. The Bertz CT molecular complexity index is 675. The molecule has 1 aromatic heterocycles. The van der Waals surface area contributed by atoms with Gasteiger partial charge in [-0.25, -0.2) is 9.78 Å². The summed E-state index contributed by atoms with van der Waals surface area (Å²) < 4.78 is 5.68. The number of hydrogen-bond acceptors (Lipinski definition) is 3. The van der Waals surface area contributed by atoms with Crippen molar-refractivity contribution >= 4 is 17.6 Å². The van der Waals surface area contributed by atoms with Crippen LogP contribution in [0.3, 0.4) is 0 Å². The SMILES string of the molecule is O=C(NCCCc1ccccc1)N1CC(Oc2ncccc2Cl)C1. The van der Waals surface area contributed by atoms with Crippen molar-refractivity contribution in [2.45, 2.75) is 18.9 Å². The molecule has 0 bridgehead atoms. The molecule has 0 spiro atoms. The van der Waals surface area contributed by atoms with Crippen LogP contribution < -0.4 is 10.1 Å². The van der Waals surface area contributed by atoms with Crippen LogP contribution in [0.2, 0.25) is 5.02 Å². The standard InChI is InChI=1S/C18H20ClN3O2/c19-16-9-5-10-20-17(16)24-15-12-22(13-15)18(23)21-11-4-8-14-6-2-1-3-7-14/h1-3,5-7,9-10,15H,4,8,11-13H2,(H,21,23). The Morgan fingerprint density at radius 3 is 2.79 bits per heavy atom. The number of nitrogens with one attached hydrogen (secondary N) is 1. The number of carbonyl (C=O) groups excluding carboxylic acids is 1. The molecule has 24 heavy (non-hydrogen) atoms. The first-order valence-corrected chi connectivity index (χ1v) is 8.44. The molecular weight excluding hydrogens is 326 g/mol. The monoisotopic (exact) mass is 345 g/mol. The Labute approximate surface area is 146 Å². The third kappa shape index (κ3) is 4.38. The van der Waals surface area contributed by atoms with Crippen LogP contribution >= 0.6 is 11.6 Å². The fourth-order valence-corrected chi connectivity index (χ4v) is 2.70. The molecule has 1 aliphatic rings. The van der Waals surface area contributed by atoms with Crippen LogP contribution in [0.15, 0.2) is 48.7 Å². The van der Waals surface area contributed by atoms with Gasteiger partial charge in [-0.1, -0.05) is 41.9 Å². The highest BCUT2D eigenvalue weighted by Crippen LogP contribution is 2.23. The van der Waals surface area contributed by atoms with E-state index in [1.165, 1.54) is 5.56 Å². The predicted molar refractivity (Wildman–Crippen MR) is 93.4 cm³/mol. The zero-order valence-corrected chi connectivity index (χ0v) is 14.1. The molecule has 0 atom stereocenters. The van der Waals surface area contributed by atoms with Crippen LogP contribution in [0.1, 0.15) is 12.0 Å². The van der Waals surface area contributed by atoms with Gasteiger partial charge >= 0.3 is 6.03 Å². The highest BCUT2D eigenvalue weighted by molar-refractivity contribution is 6.31. The van der Waals surface area contributed by atoms with Crippen LogP contribution in [0.4, 0.5) is 4.79 Å². The summed E-state index contributed by atoms with van der Waals surface area (Å²) in [5.74, 6) is 0.423. The van der Waals surface area contributed by atoms with E-state index in [4.69, 9.17) is 16.3 Å². The largest absolute Gasteiger partial charge is 0.470 e. The van der Waals surface area contributed by atoms with Crippen molar-refractivity contribution in [3.8, 4) is 5.88 Å². The Morgan fingerprint density at radius 1 is 1.25 bits per heavy atom. The molecule has 126 valence electrons. The summed E-state index contributed by atoms with van der Waals surface area (Å²) in [7, 11) is 0. The van der Waals surface area contributed by atoms with Crippen molar-refractivity contribution in [1.29, 1.82) is 0 Å². The molecule has 2 aromatic rings. The molecule has 0 unspecified atom stereocenters. The molecule has 1 N–H and O–H groups in total. The number of nitrogens with zero attached hydrogens (tertiary/aromatic N) is 2. The lowest BCUT2D eigenvalue weighted by molar-refractivity contribution is 0.0415.